The molecule has 9 heteroatoms. The van der Waals surface area contributed by atoms with E-state index in [1.165, 1.54) is 23.9 Å². The molecule has 0 saturated heterocycles. The predicted octanol–water partition coefficient (Wildman–Crippen LogP) is 4.30. The number of nitrogens with zero attached hydrogens (tertiary/aromatic N) is 4. The maximum atomic E-state index is 12.6. The van der Waals surface area contributed by atoms with Gasteiger partial charge in [-0.15, -0.1) is 10.2 Å². The first-order chi connectivity index (χ1) is 14.4. The number of non-ortho nitro benzene ring substituents is 1. The van der Waals surface area contributed by atoms with Crippen LogP contribution in [0.1, 0.15) is 47.2 Å². The van der Waals surface area contributed by atoms with Crippen molar-refractivity contribution in [3.8, 4) is 0 Å². The first kappa shape index (κ1) is 21.5. The van der Waals surface area contributed by atoms with Gasteiger partial charge in [0.1, 0.15) is 0 Å². The maximum absolute atomic E-state index is 12.6. The Bertz CT molecular complexity index is 1050. The standard InChI is InChI=1S/C21H23N5O3S/c1-4-25-19(15(3)22-20(27)18-8-6-5-7-14(18)2)23-24-21(25)30-13-16-9-11-17(12-10-16)26(28)29/h5-12,15H,4,13H2,1-3H3,(H,22,27)/t15-/m1/s1. The van der Waals surface area contributed by atoms with Crippen molar-refractivity contribution in [2.24, 2.45) is 0 Å². The number of hydrogen-bond acceptors (Lipinski definition) is 6. The minimum absolute atomic E-state index is 0.0704. The Balaban J connectivity index is 1.69. The normalized spacial score (nSPS) is 11.8. The zero-order valence-electron chi connectivity index (χ0n) is 17.0. The lowest BCUT2D eigenvalue weighted by Gasteiger charge is -2.16. The van der Waals surface area contributed by atoms with Gasteiger partial charge in [0.05, 0.1) is 11.0 Å². The molecule has 0 unspecified atom stereocenters. The molecular weight excluding hydrogens is 402 g/mol. The molecule has 2 aromatic carbocycles. The topological polar surface area (TPSA) is 103 Å². The lowest BCUT2D eigenvalue weighted by atomic mass is 10.1. The van der Waals surface area contributed by atoms with E-state index in [0.717, 1.165) is 16.3 Å². The molecule has 1 amide bonds. The number of thioether (sulfide) groups is 1. The molecule has 0 fully saturated rings. The summed E-state index contributed by atoms with van der Waals surface area (Å²) < 4.78 is 1.97. The molecule has 0 spiro atoms. The number of carbonyl (C=O) groups excluding carboxylic acids is 1. The quantitative estimate of drug-likeness (QED) is 0.328. The summed E-state index contributed by atoms with van der Waals surface area (Å²) in [5.41, 5.74) is 2.58. The van der Waals surface area contributed by atoms with Gasteiger partial charge in [0.25, 0.3) is 11.6 Å². The summed E-state index contributed by atoms with van der Waals surface area (Å²) in [6.45, 7) is 6.45. The van der Waals surface area contributed by atoms with Crippen LogP contribution in [0.25, 0.3) is 0 Å². The smallest absolute Gasteiger partial charge is 0.269 e. The zero-order valence-corrected chi connectivity index (χ0v) is 17.8. The number of aromatic nitrogens is 3. The number of nitrogens with one attached hydrogen (secondary N) is 1. The van der Waals surface area contributed by atoms with Crippen LogP contribution < -0.4 is 5.32 Å². The molecule has 1 aromatic heterocycles. The second-order valence-electron chi connectivity index (χ2n) is 6.81. The Hall–Kier alpha value is -3.20. The van der Waals surface area contributed by atoms with E-state index in [-0.39, 0.29) is 17.6 Å². The summed E-state index contributed by atoms with van der Waals surface area (Å²) in [6.07, 6.45) is 0. The van der Waals surface area contributed by atoms with E-state index in [9.17, 15) is 14.9 Å². The first-order valence-electron chi connectivity index (χ1n) is 9.56. The van der Waals surface area contributed by atoms with E-state index in [1.54, 1.807) is 18.2 Å². The average molecular weight is 426 g/mol. The molecule has 3 aromatic rings. The number of aryl methyl sites for hydroxylation is 1. The number of benzene rings is 2. The Kier molecular flexibility index (Phi) is 6.83. The predicted molar refractivity (Wildman–Crippen MR) is 115 cm³/mol. The summed E-state index contributed by atoms with van der Waals surface area (Å²) in [6, 6.07) is 13.6. The van der Waals surface area contributed by atoms with Crippen LogP contribution in [0.4, 0.5) is 5.69 Å². The van der Waals surface area contributed by atoms with Crippen molar-refractivity contribution >= 4 is 23.4 Å². The summed E-state index contributed by atoms with van der Waals surface area (Å²) in [4.78, 5) is 23.0. The van der Waals surface area contributed by atoms with E-state index in [1.807, 2.05) is 43.5 Å². The van der Waals surface area contributed by atoms with Gasteiger partial charge in [-0.2, -0.15) is 0 Å². The molecular formula is C21H23N5O3S. The minimum atomic E-state index is -0.413. The van der Waals surface area contributed by atoms with Crippen molar-refractivity contribution in [1.82, 2.24) is 20.1 Å². The van der Waals surface area contributed by atoms with E-state index in [2.05, 4.69) is 15.5 Å². The van der Waals surface area contributed by atoms with Gasteiger partial charge in [-0.1, -0.05) is 42.1 Å². The maximum Gasteiger partial charge on any atom is 0.269 e. The van der Waals surface area contributed by atoms with Crippen LogP contribution in [0.3, 0.4) is 0 Å². The number of hydrogen-bond donors (Lipinski definition) is 1. The molecule has 3 rings (SSSR count). The van der Waals surface area contributed by atoms with Gasteiger partial charge in [-0.25, -0.2) is 0 Å². The van der Waals surface area contributed by atoms with Crippen LogP contribution in [-0.2, 0) is 12.3 Å². The van der Waals surface area contributed by atoms with E-state index >= 15 is 0 Å². The molecule has 156 valence electrons. The highest BCUT2D eigenvalue weighted by Crippen LogP contribution is 2.25. The Morgan fingerprint density at radius 3 is 2.53 bits per heavy atom. The van der Waals surface area contributed by atoms with Crippen LogP contribution in [0.15, 0.2) is 53.7 Å². The van der Waals surface area contributed by atoms with Crippen molar-refractivity contribution in [1.29, 1.82) is 0 Å². The van der Waals surface area contributed by atoms with Crippen molar-refractivity contribution in [3.63, 3.8) is 0 Å². The third-order valence-electron chi connectivity index (χ3n) is 4.70. The monoisotopic (exact) mass is 425 g/mol. The molecule has 0 aliphatic carbocycles. The highest BCUT2D eigenvalue weighted by molar-refractivity contribution is 7.98. The van der Waals surface area contributed by atoms with Crippen LogP contribution in [0.2, 0.25) is 0 Å². The van der Waals surface area contributed by atoms with Crippen molar-refractivity contribution in [2.45, 2.75) is 44.3 Å². The Morgan fingerprint density at radius 2 is 1.90 bits per heavy atom. The van der Waals surface area contributed by atoms with Crippen LogP contribution in [0.5, 0.6) is 0 Å². The largest absolute Gasteiger partial charge is 0.342 e. The Morgan fingerprint density at radius 1 is 1.20 bits per heavy atom. The van der Waals surface area contributed by atoms with Crippen LogP contribution in [0, 0.1) is 17.0 Å². The van der Waals surface area contributed by atoms with Crippen molar-refractivity contribution in [2.75, 3.05) is 0 Å². The lowest BCUT2D eigenvalue weighted by molar-refractivity contribution is -0.384. The molecule has 0 saturated carbocycles. The molecule has 0 aliphatic rings. The van der Waals surface area contributed by atoms with Gasteiger partial charge in [0, 0.05) is 30.0 Å². The molecule has 1 atom stereocenters. The van der Waals surface area contributed by atoms with Gasteiger partial charge < -0.3 is 9.88 Å². The fourth-order valence-electron chi connectivity index (χ4n) is 3.05. The first-order valence-corrected chi connectivity index (χ1v) is 10.5. The summed E-state index contributed by atoms with van der Waals surface area (Å²) >= 11 is 1.50. The molecule has 0 bridgehead atoms. The average Bonchev–Trinajstić information content (AvgIpc) is 3.15. The summed E-state index contributed by atoms with van der Waals surface area (Å²) in [7, 11) is 0. The van der Waals surface area contributed by atoms with Crippen molar-refractivity contribution < 1.29 is 9.72 Å². The third-order valence-corrected chi connectivity index (χ3v) is 5.74. The lowest BCUT2D eigenvalue weighted by Crippen LogP contribution is -2.29. The molecule has 8 nitrogen and oxygen atoms in total. The fraction of sp³-hybridized carbons (Fsp3) is 0.286. The molecule has 1 N–H and O–H groups in total. The fourth-order valence-corrected chi connectivity index (χ4v) is 4.02. The second kappa shape index (κ2) is 9.53. The number of carbonyl (C=O) groups is 1. The third kappa shape index (κ3) is 4.85. The highest BCUT2D eigenvalue weighted by atomic mass is 32.2. The number of nitro benzene ring substituents is 1. The van der Waals surface area contributed by atoms with Crippen LogP contribution >= 0.6 is 11.8 Å². The number of nitro groups is 1. The van der Waals surface area contributed by atoms with Crippen LogP contribution in [-0.4, -0.2) is 25.6 Å². The van der Waals surface area contributed by atoms with Gasteiger partial charge in [0.15, 0.2) is 11.0 Å². The van der Waals surface area contributed by atoms with E-state index in [0.29, 0.717) is 23.7 Å². The van der Waals surface area contributed by atoms with Crippen molar-refractivity contribution in [3.05, 3.63) is 81.2 Å². The number of amides is 1. The minimum Gasteiger partial charge on any atom is -0.342 e. The van der Waals surface area contributed by atoms with Gasteiger partial charge in [-0.05, 0) is 38.0 Å². The molecule has 0 aliphatic heterocycles. The molecule has 30 heavy (non-hydrogen) atoms. The van der Waals surface area contributed by atoms with Gasteiger partial charge >= 0.3 is 0 Å². The zero-order chi connectivity index (χ0) is 21.7. The van der Waals surface area contributed by atoms with Gasteiger partial charge in [0.2, 0.25) is 0 Å². The summed E-state index contributed by atoms with van der Waals surface area (Å²) in [5.74, 6) is 1.15. The van der Waals surface area contributed by atoms with E-state index < -0.39 is 4.92 Å². The Labute approximate surface area is 178 Å². The second-order valence-corrected chi connectivity index (χ2v) is 7.75. The number of rotatable bonds is 8. The summed E-state index contributed by atoms with van der Waals surface area (Å²) in [5, 5.41) is 23.1. The molecule has 1 heterocycles. The van der Waals surface area contributed by atoms with E-state index in [4.69, 9.17) is 0 Å². The van der Waals surface area contributed by atoms with Gasteiger partial charge in [-0.3, -0.25) is 14.9 Å². The molecule has 0 radical (unpaired) electrons. The highest BCUT2D eigenvalue weighted by Gasteiger charge is 2.20. The SMILES string of the molecule is CCn1c(SCc2ccc([N+](=O)[O-])cc2)nnc1[C@@H](C)NC(=O)c1ccccc1C.